The summed E-state index contributed by atoms with van der Waals surface area (Å²) in [6.07, 6.45) is -2.73. The van der Waals surface area contributed by atoms with Crippen molar-refractivity contribution in [3.8, 4) is 0 Å². The number of hydrogen-bond donors (Lipinski definition) is 0. The second kappa shape index (κ2) is 14.1. The minimum absolute atomic E-state index is 0.0207. The Hall–Kier alpha value is -5.24. The molecule has 0 heterocycles. The second-order valence-corrected chi connectivity index (χ2v) is 10.1. The van der Waals surface area contributed by atoms with Crippen molar-refractivity contribution in [2.24, 2.45) is 11.8 Å². The van der Waals surface area contributed by atoms with Crippen LogP contribution in [-0.2, 0) is 41.8 Å². The molecule has 0 aromatic heterocycles. The molecule has 43 heavy (non-hydrogen) atoms. The van der Waals surface area contributed by atoms with Crippen LogP contribution in [0.5, 0.6) is 0 Å². The lowest BCUT2D eigenvalue weighted by atomic mass is 10.0. The van der Waals surface area contributed by atoms with Gasteiger partial charge in [-0.05, 0) is 41.8 Å². The van der Waals surface area contributed by atoms with Gasteiger partial charge in [0, 0.05) is 0 Å². The van der Waals surface area contributed by atoms with Crippen LogP contribution in [0.15, 0.2) is 121 Å². The van der Waals surface area contributed by atoms with Crippen molar-refractivity contribution >= 4 is 23.9 Å². The first-order valence-electron chi connectivity index (χ1n) is 13.9. The lowest BCUT2D eigenvalue weighted by Crippen LogP contribution is -2.41. The Morgan fingerprint density at radius 2 is 0.814 bits per heavy atom. The first-order valence-corrected chi connectivity index (χ1v) is 13.9. The molecule has 0 spiro atoms. The van der Waals surface area contributed by atoms with Gasteiger partial charge in [-0.2, -0.15) is 0 Å². The smallest absolute Gasteiger partial charge is 0.338 e. The molecule has 4 aromatic carbocycles. The van der Waals surface area contributed by atoms with E-state index >= 15 is 0 Å². The number of esters is 4. The van der Waals surface area contributed by atoms with E-state index in [2.05, 4.69) is 0 Å². The molecule has 8 heteroatoms. The maximum absolute atomic E-state index is 13.5. The predicted octanol–water partition coefficient (Wildman–Crippen LogP) is 5.56. The van der Waals surface area contributed by atoms with E-state index in [0.29, 0.717) is 0 Å². The van der Waals surface area contributed by atoms with Crippen molar-refractivity contribution < 1.29 is 38.1 Å². The van der Waals surface area contributed by atoms with Crippen LogP contribution >= 0.6 is 0 Å². The Bertz CT molecular complexity index is 1410. The standard InChI is InChI=1S/C35H30O8/c36-32(26-17-9-3-10-18-26)42-30-28(34(38)40-22-24-13-5-1-6-14-24)21-29(35(39)41-23-25-15-7-2-8-16-25)31(30)43-33(37)27-19-11-4-12-20-27/h1-20,28-31H,21-23H2/t28-,29+,30+,31-. The average molecular weight is 579 g/mol. The highest BCUT2D eigenvalue weighted by Gasteiger charge is 2.55. The third-order valence-electron chi connectivity index (χ3n) is 7.18. The minimum atomic E-state index is -1.31. The summed E-state index contributed by atoms with van der Waals surface area (Å²) in [5.41, 5.74) is 2.00. The quantitative estimate of drug-likeness (QED) is 0.178. The van der Waals surface area contributed by atoms with E-state index < -0.39 is 47.9 Å². The highest BCUT2D eigenvalue weighted by atomic mass is 16.6. The molecule has 5 rings (SSSR count). The number of carbonyl (C=O) groups is 4. The molecule has 4 aromatic rings. The van der Waals surface area contributed by atoms with Crippen LogP contribution in [-0.4, -0.2) is 36.1 Å². The molecule has 0 aliphatic heterocycles. The molecule has 1 saturated carbocycles. The van der Waals surface area contributed by atoms with Gasteiger partial charge in [0.2, 0.25) is 0 Å². The van der Waals surface area contributed by atoms with Gasteiger partial charge in [-0.3, -0.25) is 9.59 Å². The fourth-order valence-corrected chi connectivity index (χ4v) is 4.96. The molecule has 218 valence electrons. The van der Waals surface area contributed by atoms with E-state index in [0.717, 1.165) is 11.1 Å². The van der Waals surface area contributed by atoms with Crippen LogP contribution in [0.25, 0.3) is 0 Å². The molecule has 8 nitrogen and oxygen atoms in total. The van der Waals surface area contributed by atoms with Crippen LogP contribution in [0.2, 0.25) is 0 Å². The SMILES string of the molecule is O=C(O[C@@H]1[C@H](OC(=O)c2ccccc2)[C@@H](C(=O)OCc2ccccc2)C[C@H]1C(=O)OCc1ccccc1)c1ccccc1. The summed E-state index contributed by atoms with van der Waals surface area (Å²) in [7, 11) is 0. The largest absolute Gasteiger partial charge is 0.460 e. The summed E-state index contributed by atoms with van der Waals surface area (Å²) in [6.45, 7) is -0.0414. The van der Waals surface area contributed by atoms with Gasteiger partial charge in [-0.1, -0.05) is 97.1 Å². The van der Waals surface area contributed by atoms with Gasteiger partial charge in [0.05, 0.1) is 23.0 Å². The molecule has 0 N–H and O–H groups in total. The Kier molecular flexibility index (Phi) is 9.59. The summed E-state index contributed by atoms with van der Waals surface area (Å²) >= 11 is 0. The lowest BCUT2D eigenvalue weighted by Gasteiger charge is -2.26. The minimum Gasteiger partial charge on any atom is -0.460 e. The highest BCUT2D eigenvalue weighted by Crippen LogP contribution is 2.39. The van der Waals surface area contributed by atoms with Crippen LogP contribution in [0.1, 0.15) is 38.3 Å². The van der Waals surface area contributed by atoms with Crippen molar-refractivity contribution in [2.75, 3.05) is 0 Å². The molecule has 0 saturated heterocycles. The van der Waals surface area contributed by atoms with E-state index in [1.54, 1.807) is 60.7 Å². The van der Waals surface area contributed by atoms with E-state index in [9.17, 15) is 19.2 Å². The van der Waals surface area contributed by atoms with Crippen LogP contribution in [0.3, 0.4) is 0 Å². The Morgan fingerprint density at radius 3 is 1.16 bits per heavy atom. The molecular formula is C35H30O8. The van der Waals surface area contributed by atoms with Crippen molar-refractivity contribution in [2.45, 2.75) is 31.8 Å². The number of benzene rings is 4. The molecule has 1 fully saturated rings. The zero-order chi connectivity index (χ0) is 30.0. The van der Waals surface area contributed by atoms with Crippen LogP contribution in [0, 0.1) is 11.8 Å². The monoisotopic (exact) mass is 578 g/mol. The van der Waals surface area contributed by atoms with Gasteiger partial charge in [0.15, 0.2) is 12.2 Å². The van der Waals surface area contributed by atoms with Crippen LogP contribution in [0.4, 0.5) is 0 Å². The number of hydrogen-bond acceptors (Lipinski definition) is 8. The zero-order valence-electron chi connectivity index (χ0n) is 23.2. The van der Waals surface area contributed by atoms with Crippen LogP contribution < -0.4 is 0 Å². The maximum Gasteiger partial charge on any atom is 0.338 e. The summed E-state index contributed by atoms with van der Waals surface area (Å²) in [5, 5.41) is 0. The number of ether oxygens (including phenoxy) is 4. The molecule has 0 unspecified atom stereocenters. The molecular weight excluding hydrogens is 548 g/mol. The predicted molar refractivity (Wildman–Crippen MR) is 155 cm³/mol. The lowest BCUT2D eigenvalue weighted by molar-refractivity contribution is -0.156. The molecule has 0 radical (unpaired) electrons. The van der Waals surface area contributed by atoms with Gasteiger partial charge in [-0.15, -0.1) is 0 Å². The summed E-state index contributed by atoms with van der Waals surface area (Å²) in [5.74, 6) is -5.03. The van der Waals surface area contributed by atoms with Crippen molar-refractivity contribution in [1.82, 2.24) is 0 Å². The molecule has 0 bridgehead atoms. The summed E-state index contributed by atoms with van der Waals surface area (Å²) in [4.78, 5) is 53.4. The van der Waals surface area contributed by atoms with Crippen molar-refractivity contribution in [1.29, 1.82) is 0 Å². The summed E-state index contributed by atoms with van der Waals surface area (Å²) in [6, 6.07) is 34.7. The van der Waals surface area contributed by atoms with E-state index in [1.165, 1.54) is 0 Å². The first-order chi connectivity index (χ1) is 21.0. The highest BCUT2D eigenvalue weighted by molar-refractivity contribution is 5.91. The zero-order valence-corrected chi connectivity index (χ0v) is 23.2. The van der Waals surface area contributed by atoms with E-state index in [1.807, 2.05) is 60.7 Å². The second-order valence-electron chi connectivity index (χ2n) is 10.1. The number of rotatable bonds is 10. The topological polar surface area (TPSA) is 105 Å². The van der Waals surface area contributed by atoms with Gasteiger partial charge in [0.25, 0.3) is 0 Å². The third-order valence-corrected chi connectivity index (χ3v) is 7.18. The first kappa shape index (κ1) is 29.3. The van der Waals surface area contributed by atoms with E-state index in [-0.39, 0.29) is 30.8 Å². The fraction of sp³-hybridized carbons (Fsp3) is 0.200. The normalized spacial score (nSPS) is 19.2. The Labute approximate surface area is 249 Å². The molecule has 0 amide bonds. The van der Waals surface area contributed by atoms with Gasteiger partial charge in [-0.25, -0.2) is 9.59 Å². The van der Waals surface area contributed by atoms with E-state index in [4.69, 9.17) is 18.9 Å². The Balaban J connectivity index is 1.43. The summed E-state index contributed by atoms with van der Waals surface area (Å²) < 4.78 is 22.9. The van der Waals surface area contributed by atoms with Crippen molar-refractivity contribution in [3.05, 3.63) is 144 Å². The maximum atomic E-state index is 13.5. The molecule has 1 aliphatic rings. The average Bonchev–Trinajstić information content (AvgIpc) is 3.41. The third kappa shape index (κ3) is 7.54. The van der Waals surface area contributed by atoms with Crippen molar-refractivity contribution in [3.63, 3.8) is 0 Å². The van der Waals surface area contributed by atoms with Gasteiger partial charge in [0.1, 0.15) is 13.2 Å². The fourth-order valence-electron chi connectivity index (χ4n) is 4.96. The molecule has 4 atom stereocenters. The Morgan fingerprint density at radius 1 is 0.488 bits per heavy atom. The van der Waals surface area contributed by atoms with Gasteiger partial charge >= 0.3 is 23.9 Å². The molecule has 1 aliphatic carbocycles. The van der Waals surface area contributed by atoms with Gasteiger partial charge < -0.3 is 18.9 Å². The number of carbonyl (C=O) groups excluding carboxylic acids is 4.